The van der Waals surface area contributed by atoms with Crippen molar-refractivity contribution in [3.63, 3.8) is 0 Å². The van der Waals surface area contributed by atoms with Gasteiger partial charge in [-0.15, -0.1) is 5.10 Å². The van der Waals surface area contributed by atoms with Gasteiger partial charge in [0, 0.05) is 0 Å². The highest BCUT2D eigenvalue weighted by Crippen LogP contribution is 2.21. The molecule has 2 aromatic heterocycles. The predicted octanol–water partition coefficient (Wildman–Crippen LogP) is 2.36. The van der Waals surface area contributed by atoms with Crippen LogP contribution in [0, 0.1) is 6.92 Å². The maximum absolute atomic E-state index is 6.15. The summed E-state index contributed by atoms with van der Waals surface area (Å²) in [6.07, 6.45) is 3.24. The fourth-order valence-electron chi connectivity index (χ4n) is 1.47. The van der Waals surface area contributed by atoms with Crippen LogP contribution in [0.15, 0.2) is 0 Å². The molecular formula is C9H13ClN4. The molecule has 0 amide bonds. The second-order valence-corrected chi connectivity index (χ2v) is 3.78. The number of unbranched alkanes of at least 4 members (excludes halogenated alkanes) is 1. The minimum absolute atomic E-state index is 0.707. The molecule has 2 heterocycles. The molecule has 14 heavy (non-hydrogen) atoms. The van der Waals surface area contributed by atoms with E-state index in [9.17, 15) is 0 Å². The van der Waals surface area contributed by atoms with Gasteiger partial charge in [0.2, 0.25) is 0 Å². The van der Waals surface area contributed by atoms with Crippen molar-refractivity contribution in [1.82, 2.24) is 19.8 Å². The van der Waals surface area contributed by atoms with Crippen LogP contribution < -0.4 is 0 Å². The molecule has 1 N–H and O–H groups in total. The minimum atomic E-state index is 0.707. The van der Waals surface area contributed by atoms with Crippen LogP contribution in [-0.2, 0) is 6.42 Å². The Bertz CT molecular complexity index is 443. The molecule has 2 aromatic rings. The summed E-state index contributed by atoms with van der Waals surface area (Å²) in [4.78, 5) is 4.23. The zero-order valence-electron chi connectivity index (χ0n) is 8.34. The molecule has 0 atom stereocenters. The summed E-state index contributed by atoms with van der Waals surface area (Å²) < 4.78 is 1.64. The van der Waals surface area contributed by atoms with Crippen LogP contribution in [0.2, 0.25) is 5.02 Å². The van der Waals surface area contributed by atoms with E-state index >= 15 is 0 Å². The van der Waals surface area contributed by atoms with Gasteiger partial charge in [0.1, 0.15) is 10.8 Å². The number of aryl methyl sites for hydroxylation is 2. The quantitative estimate of drug-likeness (QED) is 0.849. The van der Waals surface area contributed by atoms with E-state index in [4.69, 9.17) is 11.6 Å². The van der Waals surface area contributed by atoms with Crippen molar-refractivity contribution in [2.45, 2.75) is 33.1 Å². The van der Waals surface area contributed by atoms with Gasteiger partial charge in [-0.05, 0) is 19.8 Å². The Kier molecular flexibility index (Phi) is 2.46. The number of nitrogens with zero attached hydrogens (tertiary/aromatic N) is 3. The van der Waals surface area contributed by atoms with Gasteiger partial charge in [0.25, 0.3) is 0 Å². The Morgan fingerprint density at radius 1 is 1.50 bits per heavy atom. The van der Waals surface area contributed by atoms with Gasteiger partial charge in [0.15, 0.2) is 5.65 Å². The molecule has 2 rings (SSSR count). The molecular weight excluding hydrogens is 200 g/mol. The van der Waals surface area contributed by atoms with Gasteiger partial charge in [-0.1, -0.05) is 24.9 Å². The van der Waals surface area contributed by atoms with Crippen LogP contribution in [0.1, 0.15) is 31.3 Å². The summed E-state index contributed by atoms with van der Waals surface area (Å²) >= 11 is 6.15. The zero-order valence-corrected chi connectivity index (χ0v) is 9.10. The van der Waals surface area contributed by atoms with Crippen molar-refractivity contribution in [3.05, 3.63) is 16.5 Å². The highest BCUT2D eigenvalue weighted by Gasteiger charge is 2.11. The molecule has 4 nitrogen and oxygen atoms in total. The van der Waals surface area contributed by atoms with Crippen molar-refractivity contribution in [1.29, 1.82) is 0 Å². The molecule has 0 aliphatic carbocycles. The first-order valence-electron chi connectivity index (χ1n) is 4.82. The van der Waals surface area contributed by atoms with Gasteiger partial charge in [-0.2, -0.15) is 4.63 Å². The standard InChI is InChI=1S/C9H13ClN4/c1-3-4-5-7-8(10)9-11-6(2)12-14(9)13-7/h13H,3-5H2,1-2H3. The molecule has 0 aliphatic heterocycles. The van der Waals surface area contributed by atoms with E-state index in [0.717, 1.165) is 36.4 Å². The van der Waals surface area contributed by atoms with Crippen LogP contribution >= 0.6 is 11.6 Å². The van der Waals surface area contributed by atoms with E-state index in [0.29, 0.717) is 5.02 Å². The largest absolute Gasteiger partial charge is 0.279 e. The van der Waals surface area contributed by atoms with Gasteiger partial charge in [-0.25, -0.2) is 4.98 Å². The summed E-state index contributed by atoms with van der Waals surface area (Å²) in [7, 11) is 0. The van der Waals surface area contributed by atoms with Crippen LogP contribution in [0.4, 0.5) is 0 Å². The predicted molar refractivity (Wildman–Crippen MR) is 55.7 cm³/mol. The molecule has 0 saturated carbocycles. The fourth-order valence-corrected chi connectivity index (χ4v) is 1.73. The molecule has 0 bridgehead atoms. The van der Waals surface area contributed by atoms with Crippen LogP contribution in [0.5, 0.6) is 0 Å². The maximum Gasteiger partial charge on any atom is 0.194 e. The first-order chi connectivity index (χ1) is 6.72. The lowest BCUT2D eigenvalue weighted by Gasteiger charge is -1.94. The number of H-pyrrole nitrogens is 1. The van der Waals surface area contributed by atoms with Crippen molar-refractivity contribution in [2.24, 2.45) is 0 Å². The van der Waals surface area contributed by atoms with Gasteiger partial charge in [-0.3, -0.25) is 5.10 Å². The molecule has 0 aromatic carbocycles. The number of aromatic amines is 1. The van der Waals surface area contributed by atoms with Crippen molar-refractivity contribution < 1.29 is 0 Å². The van der Waals surface area contributed by atoms with Gasteiger partial charge >= 0.3 is 0 Å². The van der Waals surface area contributed by atoms with Crippen molar-refractivity contribution in [3.8, 4) is 0 Å². The summed E-state index contributed by atoms with van der Waals surface area (Å²) in [5, 5.41) is 8.01. The van der Waals surface area contributed by atoms with E-state index in [2.05, 4.69) is 22.1 Å². The first-order valence-corrected chi connectivity index (χ1v) is 5.20. The Hall–Kier alpha value is -1.03. The van der Waals surface area contributed by atoms with Crippen molar-refractivity contribution in [2.75, 3.05) is 0 Å². The number of hydrogen-bond donors (Lipinski definition) is 1. The smallest absolute Gasteiger partial charge is 0.194 e. The molecule has 76 valence electrons. The Morgan fingerprint density at radius 2 is 2.29 bits per heavy atom. The third-order valence-corrected chi connectivity index (χ3v) is 2.59. The SMILES string of the molecule is CCCCc1[nH]n2nc(C)nc2c1Cl. The van der Waals surface area contributed by atoms with Crippen LogP contribution in [0.25, 0.3) is 5.65 Å². The molecule has 0 unspecified atom stereocenters. The molecule has 0 fully saturated rings. The van der Waals surface area contributed by atoms with E-state index in [-0.39, 0.29) is 0 Å². The number of rotatable bonds is 3. The van der Waals surface area contributed by atoms with E-state index in [1.165, 1.54) is 0 Å². The zero-order chi connectivity index (χ0) is 10.1. The molecule has 5 heteroatoms. The Labute approximate surface area is 87.3 Å². The summed E-state index contributed by atoms with van der Waals surface area (Å²) in [5.74, 6) is 0.736. The minimum Gasteiger partial charge on any atom is -0.279 e. The molecule has 0 aliphatic rings. The van der Waals surface area contributed by atoms with Crippen molar-refractivity contribution >= 4 is 17.2 Å². The summed E-state index contributed by atoms with van der Waals surface area (Å²) in [6.45, 7) is 4.01. The molecule has 0 saturated heterocycles. The van der Waals surface area contributed by atoms with Crippen LogP contribution in [0.3, 0.4) is 0 Å². The van der Waals surface area contributed by atoms with E-state index in [1.54, 1.807) is 4.63 Å². The highest BCUT2D eigenvalue weighted by atomic mass is 35.5. The topological polar surface area (TPSA) is 46.0 Å². The average Bonchev–Trinajstić information content (AvgIpc) is 2.63. The van der Waals surface area contributed by atoms with E-state index < -0.39 is 0 Å². The number of halogens is 1. The van der Waals surface area contributed by atoms with E-state index in [1.807, 2.05) is 6.92 Å². The van der Waals surface area contributed by atoms with Gasteiger partial charge < -0.3 is 0 Å². The monoisotopic (exact) mass is 212 g/mol. The number of nitrogens with one attached hydrogen (secondary N) is 1. The van der Waals surface area contributed by atoms with Gasteiger partial charge in [0.05, 0.1) is 5.69 Å². The Morgan fingerprint density at radius 3 is 2.93 bits per heavy atom. The fraction of sp³-hybridized carbons (Fsp3) is 0.556. The third-order valence-electron chi connectivity index (χ3n) is 2.20. The maximum atomic E-state index is 6.15. The lowest BCUT2D eigenvalue weighted by molar-refractivity contribution is 0.732. The third kappa shape index (κ3) is 1.50. The summed E-state index contributed by atoms with van der Waals surface area (Å²) in [6, 6.07) is 0. The van der Waals surface area contributed by atoms with Crippen LogP contribution in [-0.4, -0.2) is 19.8 Å². The number of hydrogen-bond acceptors (Lipinski definition) is 2. The highest BCUT2D eigenvalue weighted by molar-refractivity contribution is 6.34. The Balaban J connectivity index is 2.37. The average molecular weight is 213 g/mol. The number of fused-ring (bicyclic) bond motifs is 1. The number of aromatic nitrogens is 4. The first kappa shape index (κ1) is 9.52. The second-order valence-electron chi connectivity index (χ2n) is 3.40. The normalized spacial score (nSPS) is 11.4. The second kappa shape index (κ2) is 3.61. The molecule has 0 radical (unpaired) electrons. The summed E-state index contributed by atoms with van der Waals surface area (Å²) in [5.41, 5.74) is 1.76. The lowest BCUT2D eigenvalue weighted by atomic mass is 10.2. The lowest BCUT2D eigenvalue weighted by Crippen LogP contribution is -1.91. The molecule has 0 spiro atoms.